The Morgan fingerprint density at radius 3 is 2.68 bits per heavy atom. The Hall–Kier alpha value is -3.43. The summed E-state index contributed by atoms with van der Waals surface area (Å²) in [6, 6.07) is 13.6. The monoisotopic (exact) mass is 483 g/mol. The van der Waals surface area contributed by atoms with Crippen LogP contribution in [0.2, 0.25) is 0 Å². The van der Waals surface area contributed by atoms with Gasteiger partial charge in [-0.05, 0) is 48.5 Å². The Labute approximate surface area is 201 Å². The van der Waals surface area contributed by atoms with E-state index in [1.54, 1.807) is 36.5 Å². The number of carbonyl (C=O) groups excluding carboxylic acids is 1. The molecule has 1 amide bonds. The van der Waals surface area contributed by atoms with Crippen LogP contribution in [0.3, 0.4) is 0 Å². The van der Waals surface area contributed by atoms with E-state index in [1.807, 2.05) is 6.07 Å². The van der Waals surface area contributed by atoms with Crippen LogP contribution in [0.1, 0.15) is 27.0 Å². The predicted molar refractivity (Wildman–Crippen MR) is 126 cm³/mol. The molecule has 1 aliphatic carbocycles. The van der Waals surface area contributed by atoms with Crippen LogP contribution in [0.15, 0.2) is 60.8 Å². The summed E-state index contributed by atoms with van der Waals surface area (Å²) in [5.74, 6) is -2.16. The third-order valence-corrected chi connectivity index (χ3v) is 6.36. The fourth-order valence-corrected chi connectivity index (χ4v) is 4.80. The number of aliphatic hydroxyl groups excluding tert-OH is 1. The number of nitrogens with zero attached hydrogens (tertiary/aromatic N) is 1. The zero-order valence-corrected chi connectivity index (χ0v) is 19.2. The molecule has 1 aliphatic rings. The topological polar surface area (TPSA) is 83.5 Å². The third kappa shape index (κ3) is 4.49. The van der Waals surface area contributed by atoms with Crippen molar-refractivity contribution in [2.75, 3.05) is 13.7 Å². The number of aliphatic hydroxyl groups is 1. The highest BCUT2D eigenvalue weighted by molar-refractivity contribution is 7.80. The number of carbonyl (C=O) groups is 1. The Bertz CT molecular complexity index is 1230. The van der Waals surface area contributed by atoms with Crippen molar-refractivity contribution >= 4 is 23.2 Å². The quantitative estimate of drug-likeness (QED) is 0.483. The maximum Gasteiger partial charge on any atom is 0.257 e. The van der Waals surface area contributed by atoms with E-state index in [4.69, 9.17) is 17.0 Å². The van der Waals surface area contributed by atoms with Crippen molar-refractivity contribution in [3.05, 3.63) is 94.7 Å². The minimum absolute atomic E-state index is 0.0534. The van der Waals surface area contributed by atoms with Gasteiger partial charge in [0.1, 0.15) is 11.6 Å². The van der Waals surface area contributed by atoms with Crippen molar-refractivity contribution in [1.82, 2.24) is 15.6 Å². The fourth-order valence-electron chi connectivity index (χ4n) is 4.53. The molecule has 3 aromatic rings. The summed E-state index contributed by atoms with van der Waals surface area (Å²) >= 11 is 5.44. The number of methoxy groups -OCH3 is 1. The highest BCUT2D eigenvalue weighted by Gasteiger charge is 2.47. The molecule has 0 unspecified atom stereocenters. The first kappa shape index (κ1) is 23.7. The number of thiocarbonyl (C=S) groups is 1. The number of nitrogens with one attached hydrogen (secondary N) is 2. The van der Waals surface area contributed by atoms with Crippen LogP contribution in [0.4, 0.5) is 8.78 Å². The summed E-state index contributed by atoms with van der Waals surface area (Å²) in [5.41, 5.74) is 0.804. The Balaban J connectivity index is 1.77. The van der Waals surface area contributed by atoms with Gasteiger partial charge in [-0.15, -0.1) is 0 Å². The summed E-state index contributed by atoms with van der Waals surface area (Å²) in [5, 5.41) is 16.0. The SMILES string of the molecule is COc1nccc2c1C[C@@](NC(=S)NC(=O)c1ccccc1)(c1ccc(F)cc1F)[C@H](CO)C2. The lowest BCUT2D eigenvalue weighted by Crippen LogP contribution is -2.59. The number of hydrogen-bond acceptors (Lipinski definition) is 5. The lowest BCUT2D eigenvalue weighted by Gasteiger charge is -2.46. The van der Waals surface area contributed by atoms with Gasteiger partial charge in [0.2, 0.25) is 5.88 Å². The number of benzene rings is 2. The van der Waals surface area contributed by atoms with E-state index in [1.165, 1.54) is 13.2 Å². The molecule has 0 saturated heterocycles. The van der Waals surface area contributed by atoms with Crippen molar-refractivity contribution in [3.63, 3.8) is 0 Å². The van der Waals surface area contributed by atoms with Gasteiger partial charge in [0.05, 0.1) is 12.6 Å². The number of rotatable bonds is 5. The Kier molecular flexibility index (Phi) is 6.85. The first-order chi connectivity index (χ1) is 16.4. The summed E-state index contributed by atoms with van der Waals surface area (Å²) in [6.07, 6.45) is 2.09. The van der Waals surface area contributed by atoms with E-state index in [-0.39, 0.29) is 23.7 Å². The third-order valence-electron chi connectivity index (χ3n) is 6.16. The molecular formula is C25H23F2N3O3S. The second-order valence-corrected chi connectivity index (χ2v) is 8.50. The second kappa shape index (κ2) is 9.82. The van der Waals surface area contributed by atoms with Gasteiger partial charge < -0.3 is 15.2 Å². The van der Waals surface area contributed by atoms with Crippen molar-refractivity contribution in [2.45, 2.75) is 18.4 Å². The van der Waals surface area contributed by atoms with E-state index in [0.29, 0.717) is 23.4 Å². The molecule has 0 bridgehead atoms. The van der Waals surface area contributed by atoms with Crippen molar-refractivity contribution in [3.8, 4) is 5.88 Å². The van der Waals surface area contributed by atoms with Crippen LogP contribution in [-0.2, 0) is 18.4 Å². The smallest absolute Gasteiger partial charge is 0.257 e. The Morgan fingerprint density at radius 2 is 2.00 bits per heavy atom. The molecule has 9 heteroatoms. The molecule has 0 spiro atoms. The highest BCUT2D eigenvalue weighted by atomic mass is 32.1. The molecule has 0 saturated carbocycles. The molecule has 176 valence electrons. The molecular weight excluding hydrogens is 460 g/mol. The molecule has 0 radical (unpaired) electrons. The zero-order chi connectivity index (χ0) is 24.3. The van der Waals surface area contributed by atoms with Crippen molar-refractivity contribution < 1.29 is 23.4 Å². The molecule has 2 atom stereocenters. The van der Waals surface area contributed by atoms with Gasteiger partial charge in [0.25, 0.3) is 5.91 Å². The molecule has 6 nitrogen and oxygen atoms in total. The molecule has 2 aromatic carbocycles. The van der Waals surface area contributed by atoms with Crippen LogP contribution < -0.4 is 15.4 Å². The first-order valence-electron chi connectivity index (χ1n) is 10.6. The Morgan fingerprint density at radius 1 is 1.24 bits per heavy atom. The minimum Gasteiger partial charge on any atom is -0.481 e. The van der Waals surface area contributed by atoms with Crippen LogP contribution in [-0.4, -0.2) is 34.8 Å². The average molecular weight is 484 g/mol. The number of aromatic nitrogens is 1. The van der Waals surface area contributed by atoms with Crippen LogP contribution in [0.5, 0.6) is 5.88 Å². The summed E-state index contributed by atoms with van der Waals surface area (Å²) < 4.78 is 34.4. The largest absolute Gasteiger partial charge is 0.481 e. The van der Waals surface area contributed by atoms with Gasteiger partial charge in [-0.3, -0.25) is 10.1 Å². The number of hydrogen-bond donors (Lipinski definition) is 3. The minimum atomic E-state index is -1.31. The predicted octanol–water partition coefficient (Wildman–Crippen LogP) is 3.28. The molecule has 4 rings (SSSR count). The molecule has 0 fully saturated rings. The summed E-state index contributed by atoms with van der Waals surface area (Å²) in [4.78, 5) is 16.9. The molecule has 34 heavy (non-hydrogen) atoms. The lowest BCUT2D eigenvalue weighted by molar-refractivity contribution is 0.0970. The van der Waals surface area contributed by atoms with Gasteiger partial charge in [0, 0.05) is 47.9 Å². The maximum absolute atomic E-state index is 15.2. The van der Waals surface area contributed by atoms with E-state index < -0.39 is 29.0 Å². The molecule has 0 aliphatic heterocycles. The van der Waals surface area contributed by atoms with Crippen molar-refractivity contribution in [2.24, 2.45) is 5.92 Å². The first-order valence-corrected chi connectivity index (χ1v) is 11.0. The number of halogens is 2. The lowest BCUT2D eigenvalue weighted by atomic mass is 9.67. The van der Waals surface area contributed by atoms with Gasteiger partial charge in [-0.1, -0.05) is 24.3 Å². The average Bonchev–Trinajstić information content (AvgIpc) is 2.83. The number of ether oxygens (including phenoxy) is 1. The fraction of sp³-hybridized carbons (Fsp3) is 0.240. The second-order valence-electron chi connectivity index (χ2n) is 8.09. The van der Waals surface area contributed by atoms with E-state index in [9.17, 15) is 14.3 Å². The van der Waals surface area contributed by atoms with Gasteiger partial charge in [-0.25, -0.2) is 13.8 Å². The molecule has 1 aromatic heterocycles. The molecule has 3 N–H and O–H groups in total. The molecule has 1 heterocycles. The van der Waals surface area contributed by atoms with E-state index >= 15 is 4.39 Å². The summed E-state index contributed by atoms with van der Waals surface area (Å²) in [6.45, 7) is -0.316. The van der Waals surface area contributed by atoms with Gasteiger partial charge in [0.15, 0.2) is 5.11 Å². The number of fused-ring (bicyclic) bond motifs is 1. The van der Waals surface area contributed by atoms with E-state index in [2.05, 4.69) is 15.6 Å². The maximum atomic E-state index is 15.2. The van der Waals surface area contributed by atoms with Gasteiger partial charge in [-0.2, -0.15) is 0 Å². The normalized spacial score (nSPS) is 19.1. The zero-order valence-electron chi connectivity index (χ0n) is 18.3. The van der Waals surface area contributed by atoms with Crippen LogP contribution in [0.25, 0.3) is 0 Å². The standard InChI is InChI=1S/C25H23F2N3O3S/c1-33-23-19-13-25(20-8-7-18(26)12-21(20)27,17(14-31)11-16(19)9-10-28-23)30-24(34)29-22(32)15-5-3-2-4-6-15/h2-10,12,17,31H,11,13-14H2,1H3,(H2,29,30,32,34)/t17-,25-/m0/s1. The van der Waals surface area contributed by atoms with Crippen LogP contribution >= 0.6 is 12.2 Å². The van der Waals surface area contributed by atoms with Gasteiger partial charge >= 0.3 is 0 Å². The summed E-state index contributed by atoms with van der Waals surface area (Å²) in [7, 11) is 1.49. The highest BCUT2D eigenvalue weighted by Crippen LogP contribution is 2.44. The van der Waals surface area contributed by atoms with E-state index in [0.717, 1.165) is 17.7 Å². The van der Waals surface area contributed by atoms with Crippen molar-refractivity contribution in [1.29, 1.82) is 0 Å². The number of pyridine rings is 1. The van der Waals surface area contributed by atoms with Crippen LogP contribution in [0, 0.1) is 17.6 Å². The number of amides is 1.